The van der Waals surface area contributed by atoms with E-state index in [1.165, 1.54) is 0 Å². The quantitative estimate of drug-likeness (QED) is 0.825. The van der Waals surface area contributed by atoms with Crippen molar-refractivity contribution in [3.05, 3.63) is 18.3 Å². The average Bonchev–Trinajstić information content (AvgIpc) is 3.03. The summed E-state index contributed by atoms with van der Waals surface area (Å²) in [5.74, 6) is 0.427. The minimum Gasteiger partial charge on any atom is -0.369 e. The van der Waals surface area contributed by atoms with Gasteiger partial charge in [0, 0.05) is 18.3 Å². The lowest BCUT2D eigenvalue weighted by molar-refractivity contribution is 0.558. The average molecular weight is 269 g/mol. The van der Waals surface area contributed by atoms with Crippen LogP contribution in [0.4, 0.5) is 5.82 Å². The first-order chi connectivity index (χ1) is 8.47. The van der Waals surface area contributed by atoms with Crippen LogP contribution in [0.5, 0.6) is 0 Å². The van der Waals surface area contributed by atoms with Gasteiger partial charge in [-0.2, -0.15) is 0 Å². The molecule has 2 N–H and O–H groups in total. The van der Waals surface area contributed by atoms with Crippen molar-refractivity contribution in [2.75, 3.05) is 11.9 Å². The van der Waals surface area contributed by atoms with Crippen LogP contribution in [0.25, 0.3) is 0 Å². The van der Waals surface area contributed by atoms with Crippen molar-refractivity contribution in [3.8, 4) is 0 Å². The Morgan fingerprint density at radius 1 is 1.44 bits per heavy atom. The predicted octanol–water partition coefficient (Wildman–Crippen LogP) is 1.73. The van der Waals surface area contributed by atoms with Crippen LogP contribution in [0.15, 0.2) is 23.2 Å². The third-order valence-corrected chi connectivity index (χ3v) is 4.65. The van der Waals surface area contributed by atoms with Crippen molar-refractivity contribution in [2.24, 2.45) is 0 Å². The Morgan fingerprint density at radius 2 is 2.17 bits per heavy atom. The number of hydrogen-bond donors (Lipinski definition) is 2. The van der Waals surface area contributed by atoms with Crippen molar-refractivity contribution in [1.29, 1.82) is 0 Å². The molecule has 1 aliphatic carbocycles. The van der Waals surface area contributed by atoms with Crippen LogP contribution in [0.3, 0.4) is 0 Å². The molecule has 0 aliphatic heterocycles. The highest BCUT2D eigenvalue weighted by Gasteiger charge is 2.41. The summed E-state index contributed by atoms with van der Waals surface area (Å²) in [5.41, 5.74) is -0.267. The molecular weight excluding hydrogens is 250 g/mol. The lowest BCUT2D eigenvalue weighted by atomic mass is 10.4. The minimum absolute atomic E-state index is 0.228. The zero-order chi connectivity index (χ0) is 13.2. The highest BCUT2D eigenvalue weighted by molar-refractivity contribution is 7.89. The maximum atomic E-state index is 12.3. The molecule has 6 heteroatoms. The van der Waals surface area contributed by atoms with Crippen LogP contribution in [0, 0.1) is 0 Å². The Kier molecular flexibility index (Phi) is 3.59. The number of rotatable bonds is 6. The van der Waals surface area contributed by atoms with Crippen molar-refractivity contribution in [3.63, 3.8) is 0 Å². The van der Waals surface area contributed by atoms with Crippen molar-refractivity contribution >= 4 is 15.8 Å². The first-order valence-electron chi connectivity index (χ1n) is 6.20. The van der Waals surface area contributed by atoms with E-state index in [0.717, 1.165) is 19.3 Å². The molecule has 1 saturated carbocycles. The lowest BCUT2D eigenvalue weighted by Gasteiger charge is -2.15. The summed E-state index contributed by atoms with van der Waals surface area (Å²) in [7, 11) is -3.49. The van der Waals surface area contributed by atoms with E-state index in [-0.39, 0.29) is 10.4 Å². The van der Waals surface area contributed by atoms with E-state index in [2.05, 4.69) is 15.0 Å². The molecule has 1 aliphatic rings. The van der Waals surface area contributed by atoms with Gasteiger partial charge in [0.25, 0.3) is 0 Å². The zero-order valence-corrected chi connectivity index (χ0v) is 11.5. The molecule has 0 bridgehead atoms. The summed E-state index contributed by atoms with van der Waals surface area (Å²) in [6, 6.07) is 3.22. The normalized spacial score (nSPS) is 17.4. The van der Waals surface area contributed by atoms with Crippen LogP contribution in [0.1, 0.15) is 33.1 Å². The summed E-state index contributed by atoms with van der Waals surface area (Å²) >= 11 is 0. The lowest BCUT2D eigenvalue weighted by Crippen LogP contribution is -2.34. The van der Waals surface area contributed by atoms with Gasteiger partial charge in [-0.1, -0.05) is 6.92 Å². The van der Waals surface area contributed by atoms with Gasteiger partial charge in [0.15, 0.2) is 0 Å². The fourth-order valence-corrected chi connectivity index (χ4v) is 3.25. The van der Waals surface area contributed by atoms with Crippen molar-refractivity contribution < 1.29 is 8.42 Å². The van der Waals surface area contributed by atoms with Crippen molar-refractivity contribution in [1.82, 2.24) is 9.71 Å². The number of hydrogen-bond acceptors (Lipinski definition) is 4. The Bertz CT molecular complexity index is 524. The molecule has 5 nitrogen and oxygen atoms in total. The molecular formula is C12H19N3O2S. The Balaban J connectivity index is 2.25. The fourth-order valence-electron chi connectivity index (χ4n) is 1.65. The molecule has 1 aromatic heterocycles. The molecule has 1 aromatic rings. The zero-order valence-electron chi connectivity index (χ0n) is 10.7. The number of nitrogens with one attached hydrogen (secondary N) is 2. The van der Waals surface area contributed by atoms with Crippen LogP contribution in [-0.4, -0.2) is 25.5 Å². The molecule has 0 unspecified atom stereocenters. The van der Waals surface area contributed by atoms with E-state index in [9.17, 15) is 8.42 Å². The second-order valence-electron chi connectivity index (χ2n) is 4.94. The number of sulfonamides is 1. The summed E-state index contributed by atoms with van der Waals surface area (Å²) in [6.45, 7) is 4.64. The molecule has 1 fully saturated rings. The first-order valence-corrected chi connectivity index (χ1v) is 7.68. The third kappa shape index (κ3) is 3.00. The van der Waals surface area contributed by atoms with E-state index >= 15 is 0 Å². The summed E-state index contributed by atoms with van der Waals surface area (Å²) in [4.78, 5) is 4.33. The largest absolute Gasteiger partial charge is 0.369 e. The van der Waals surface area contributed by atoms with Gasteiger partial charge < -0.3 is 5.32 Å². The van der Waals surface area contributed by atoms with Gasteiger partial charge in [0.2, 0.25) is 10.0 Å². The standard InChI is InChI=1S/C12H19N3O2S/c1-3-8-13-11-10(5-4-9-14-11)18(16,17)15-12(2)6-7-12/h4-5,9,15H,3,6-8H2,1-2H3,(H,13,14). The summed E-state index contributed by atoms with van der Waals surface area (Å²) in [5, 5.41) is 3.04. The Hall–Kier alpha value is -1.14. The van der Waals surface area contributed by atoms with E-state index in [1.807, 2.05) is 13.8 Å². The first kappa shape index (κ1) is 13.3. The Morgan fingerprint density at radius 3 is 2.78 bits per heavy atom. The molecule has 0 saturated heterocycles. The molecule has 0 aromatic carbocycles. The van der Waals surface area contributed by atoms with Crippen LogP contribution in [0.2, 0.25) is 0 Å². The van der Waals surface area contributed by atoms with E-state index < -0.39 is 10.0 Å². The molecule has 1 heterocycles. The highest BCUT2D eigenvalue weighted by Crippen LogP contribution is 2.36. The summed E-state index contributed by atoms with van der Waals surface area (Å²) < 4.78 is 27.3. The predicted molar refractivity (Wildman–Crippen MR) is 71.0 cm³/mol. The smallest absolute Gasteiger partial charge is 0.244 e. The maximum absolute atomic E-state index is 12.3. The van der Waals surface area contributed by atoms with E-state index in [1.54, 1.807) is 18.3 Å². The second kappa shape index (κ2) is 4.85. The molecule has 0 atom stereocenters. The number of aromatic nitrogens is 1. The van der Waals surface area contributed by atoms with Gasteiger partial charge in [-0.3, -0.25) is 0 Å². The second-order valence-corrected chi connectivity index (χ2v) is 6.59. The molecule has 0 amide bonds. The van der Waals surface area contributed by atoms with E-state index in [0.29, 0.717) is 12.4 Å². The molecule has 2 rings (SSSR count). The van der Waals surface area contributed by atoms with Crippen LogP contribution < -0.4 is 10.0 Å². The number of anilines is 1. The van der Waals surface area contributed by atoms with Gasteiger partial charge in [0.1, 0.15) is 10.7 Å². The van der Waals surface area contributed by atoms with Crippen LogP contribution in [-0.2, 0) is 10.0 Å². The number of pyridine rings is 1. The summed E-state index contributed by atoms with van der Waals surface area (Å²) in [6.07, 6.45) is 4.30. The maximum Gasteiger partial charge on any atom is 0.244 e. The fraction of sp³-hybridized carbons (Fsp3) is 0.583. The monoisotopic (exact) mass is 269 g/mol. The van der Waals surface area contributed by atoms with Gasteiger partial charge in [-0.15, -0.1) is 0 Å². The van der Waals surface area contributed by atoms with Crippen LogP contribution >= 0.6 is 0 Å². The van der Waals surface area contributed by atoms with Gasteiger partial charge >= 0.3 is 0 Å². The van der Waals surface area contributed by atoms with E-state index in [4.69, 9.17) is 0 Å². The molecule has 18 heavy (non-hydrogen) atoms. The molecule has 0 radical (unpaired) electrons. The van der Waals surface area contributed by atoms with Crippen molar-refractivity contribution in [2.45, 2.75) is 43.5 Å². The SMILES string of the molecule is CCCNc1ncccc1S(=O)(=O)NC1(C)CC1. The topological polar surface area (TPSA) is 71.1 Å². The number of nitrogens with zero attached hydrogens (tertiary/aromatic N) is 1. The Labute approximate surface area is 108 Å². The van der Waals surface area contributed by atoms with Gasteiger partial charge in [-0.25, -0.2) is 18.1 Å². The molecule has 0 spiro atoms. The van der Waals surface area contributed by atoms with Gasteiger partial charge in [0.05, 0.1) is 0 Å². The minimum atomic E-state index is -3.49. The third-order valence-electron chi connectivity index (χ3n) is 2.98. The highest BCUT2D eigenvalue weighted by atomic mass is 32.2. The molecule has 100 valence electrons. The van der Waals surface area contributed by atoms with Gasteiger partial charge in [-0.05, 0) is 38.3 Å².